The van der Waals surface area contributed by atoms with Gasteiger partial charge >= 0.3 is 5.69 Å². The first-order chi connectivity index (χ1) is 15.4. The number of imidazole rings is 1. The zero-order valence-corrected chi connectivity index (χ0v) is 18.0. The van der Waals surface area contributed by atoms with Gasteiger partial charge in [-0.3, -0.25) is 13.9 Å². The summed E-state index contributed by atoms with van der Waals surface area (Å²) in [5, 5.41) is 2.86. The Hall–Kier alpha value is -3.94. The molecule has 0 saturated carbocycles. The van der Waals surface area contributed by atoms with Crippen LogP contribution in [0.4, 0.5) is 10.1 Å². The summed E-state index contributed by atoms with van der Waals surface area (Å²) in [6, 6.07) is 17.0. The third kappa shape index (κ3) is 4.39. The Kier molecular flexibility index (Phi) is 6.02. The lowest BCUT2D eigenvalue weighted by Gasteiger charge is -2.12. The van der Waals surface area contributed by atoms with E-state index in [0.717, 1.165) is 11.3 Å². The molecule has 2 aromatic heterocycles. The summed E-state index contributed by atoms with van der Waals surface area (Å²) in [4.78, 5) is 31.9. The van der Waals surface area contributed by atoms with Crippen molar-refractivity contribution in [3.63, 3.8) is 0 Å². The molecular weight excluding hydrogens is 409 g/mol. The van der Waals surface area contributed by atoms with E-state index in [1.54, 1.807) is 45.7 Å². The molecule has 0 spiro atoms. The standard InChI is InChI=1S/C24H24FN5O2/c1-28(2)20-11-7-18(8-12-20)23(31)27-14-15-29-22-21(4-3-13-26-22)30(24(29)32)16-17-5-9-19(25)10-6-17/h3-13H,14-16H2,1-2H3,(H,27,31). The molecule has 7 nitrogen and oxygen atoms in total. The second kappa shape index (κ2) is 9.05. The summed E-state index contributed by atoms with van der Waals surface area (Å²) in [6.45, 7) is 0.865. The van der Waals surface area contributed by atoms with Gasteiger partial charge in [-0.15, -0.1) is 0 Å². The molecule has 0 saturated heterocycles. The Morgan fingerprint density at radius 2 is 1.75 bits per heavy atom. The lowest BCUT2D eigenvalue weighted by atomic mass is 10.2. The summed E-state index contributed by atoms with van der Waals surface area (Å²) < 4.78 is 16.4. The van der Waals surface area contributed by atoms with Gasteiger partial charge in [-0.2, -0.15) is 0 Å². The van der Waals surface area contributed by atoms with Crippen LogP contribution < -0.4 is 15.9 Å². The Balaban J connectivity index is 1.50. The second-order valence-electron chi connectivity index (χ2n) is 7.69. The normalized spacial score (nSPS) is 11.0. The van der Waals surface area contributed by atoms with Crippen LogP contribution in [0, 0.1) is 5.82 Å². The number of aromatic nitrogens is 3. The number of carbonyl (C=O) groups excluding carboxylic acids is 1. The van der Waals surface area contributed by atoms with Gasteiger partial charge in [-0.05, 0) is 54.1 Å². The number of fused-ring (bicyclic) bond motifs is 1. The van der Waals surface area contributed by atoms with Crippen molar-refractivity contribution in [3.8, 4) is 0 Å². The smallest absolute Gasteiger partial charge is 0.330 e. The summed E-state index contributed by atoms with van der Waals surface area (Å²) in [5.74, 6) is -0.524. The Morgan fingerprint density at radius 3 is 2.44 bits per heavy atom. The van der Waals surface area contributed by atoms with Crippen LogP contribution in [0.15, 0.2) is 71.7 Å². The largest absolute Gasteiger partial charge is 0.378 e. The molecule has 0 fully saturated rings. The Bertz CT molecular complexity index is 1290. The highest BCUT2D eigenvalue weighted by molar-refractivity contribution is 5.94. The van der Waals surface area contributed by atoms with Crippen LogP contribution in [0.2, 0.25) is 0 Å². The van der Waals surface area contributed by atoms with Crippen molar-refractivity contribution in [2.45, 2.75) is 13.1 Å². The molecule has 0 unspecified atom stereocenters. The number of halogens is 1. The number of nitrogens with zero attached hydrogens (tertiary/aromatic N) is 4. The number of nitrogens with one attached hydrogen (secondary N) is 1. The fraction of sp³-hybridized carbons (Fsp3) is 0.208. The fourth-order valence-corrected chi connectivity index (χ4v) is 3.57. The minimum absolute atomic E-state index is 0.202. The Labute approximate surface area is 184 Å². The lowest BCUT2D eigenvalue weighted by molar-refractivity contribution is 0.0952. The van der Waals surface area contributed by atoms with Gasteiger partial charge in [0.05, 0.1) is 12.1 Å². The number of carbonyl (C=O) groups is 1. The molecule has 0 radical (unpaired) electrons. The highest BCUT2D eigenvalue weighted by Gasteiger charge is 2.15. The highest BCUT2D eigenvalue weighted by atomic mass is 19.1. The molecule has 4 rings (SSSR count). The number of hydrogen-bond acceptors (Lipinski definition) is 4. The SMILES string of the molecule is CN(C)c1ccc(C(=O)NCCn2c(=O)n(Cc3ccc(F)cc3)c3cccnc32)cc1. The predicted octanol–water partition coefficient (Wildman–Crippen LogP) is 2.88. The maximum Gasteiger partial charge on any atom is 0.330 e. The first-order valence-corrected chi connectivity index (χ1v) is 10.3. The number of benzene rings is 2. The van der Waals surface area contributed by atoms with E-state index in [1.165, 1.54) is 12.1 Å². The molecule has 1 N–H and O–H groups in total. The van der Waals surface area contributed by atoms with Gasteiger partial charge in [0.15, 0.2) is 5.65 Å². The van der Waals surface area contributed by atoms with Gasteiger partial charge in [0.1, 0.15) is 5.82 Å². The van der Waals surface area contributed by atoms with Crippen LogP contribution in [0.5, 0.6) is 0 Å². The number of anilines is 1. The van der Waals surface area contributed by atoms with Gasteiger partial charge in [0, 0.05) is 44.6 Å². The van der Waals surface area contributed by atoms with E-state index in [-0.39, 0.29) is 30.5 Å². The van der Waals surface area contributed by atoms with E-state index in [1.807, 2.05) is 37.2 Å². The molecule has 2 heterocycles. The fourth-order valence-electron chi connectivity index (χ4n) is 3.57. The van der Waals surface area contributed by atoms with Gasteiger partial charge < -0.3 is 10.2 Å². The van der Waals surface area contributed by atoms with Gasteiger partial charge in [0.25, 0.3) is 5.91 Å². The zero-order chi connectivity index (χ0) is 22.7. The van der Waals surface area contributed by atoms with Crippen LogP contribution in [-0.2, 0) is 13.1 Å². The van der Waals surface area contributed by atoms with Crippen molar-refractivity contribution >= 4 is 22.8 Å². The molecule has 0 aliphatic heterocycles. The zero-order valence-electron chi connectivity index (χ0n) is 18.0. The monoisotopic (exact) mass is 433 g/mol. The number of pyridine rings is 1. The van der Waals surface area contributed by atoms with Crippen LogP contribution in [0.1, 0.15) is 15.9 Å². The summed E-state index contributed by atoms with van der Waals surface area (Å²) in [7, 11) is 3.88. The molecule has 8 heteroatoms. The highest BCUT2D eigenvalue weighted by Crippen LogP contribution is 2.14. The summed E-state index contributed by atoms with van der Waals surface area (Å²) in [6.07, 6.45) is 1.63. The van der Waals surface area contributed by atoms with Gasteiger partial charge in [-0.1, -0.05) is 12.1 Å². The minimum Gasteiger partial charge on any atom is -0.378 e. The summed E-state index contributed by atoms with van der Waals surface area (Å²) >= 11 is 0. The van der Waals surface area contributed by atoms with Crippen LogP contribution in [0.25, 0.3) is 11.2 Å². The number of rotatable bonds is 7. The molecule has 0 bridgehead atoms. The molecule has 1 amide bonds. The van der Waals surface area contributed by atoms with E-state index in [4.69, 9.17) is 0 Å². The molecule has 0 aliphatic carbocycles. The van der Waals surface area contributed by atoms with E-state index in [0.29, 0.717) is 23.3 Å². The number of hydrogen-bond donors (Lipinski definition) is 1. The maximum atomic E-state index is 13.2. The second-order valence-corrected chi connectivity index (χ2v) is 7.69. The summed E-state index contributed by atoms with van der Waals surface area (Å²) in [5.41, 5.74) is 3.38. The minimum atomic E-state index is -0.322. The maximum absolute atomic E-state index is 13.2. The molecule has 164 valence electrons. The molecule has 32 heavy (non-hydrogen) atoms. The average Bonchev–Trinajstić information content (AvgIpc) is 3.06. The lowest BCUT2D eigenvalue weighted by Crippen LogP contribution is -2.32. The van der Waals surface area contributed by atoms with Crippen molar-refractivity contribution in [2.75, 3.05) is 25.5 Å². The average molecular weight is 433 g/mol. The van der Waals surface area contributed by atoms with Crippen molar-refractivity contribution in [3.05, 3.63) is 94.3 Å². The van der Waals surface area contributed by atoms with Gasteiger partial charge in [-0.25, -0.2) is 14.2 Å². The molecule has 2 aromatic carbocycles. The van der Waals surface area contributed by atoms with E-state index < -0.39 is 0 Å². The van der Waals surface area contributed by atoms with Crippen molar-refractivity contribution in [1.82, 2.24) is 19.4 Å². The van der Waals surface area contributed by atoms with Crippen molar-refractivity contribution in [1.29, 1.82) is 0 Å². The quantitative estimate of drug-likeness (QED) is 0.487. The Morgan fingerprint density at radius 1 is 1.03 bits per heavy atom. The van der Waals surface area contributed by atoms with Crippen molar-refractivity contribution < 1.29 is 9.18 Å². The molecule has 0 atom stereocenters. The number of amides is 1. The first kappa shape index (κ1) is 21.3. The van der Waals surface area contributed by atoms with E-state index in [2.05, 4.69) is 10.3 Å². The van der Waals surface area contributed by atoms with E-state index in [9.17, 15) is 14.0 Å². The first-order valence-electron chi connectivity index (χ1n) is 10.3. The van der Waals surface area contributed by atoms with Crippen LogP contribution >= 0.6 is 0 Å². The van der Waals surface area contributed by atoms with Crippen molar-refractivity contribution in [2.24, 2.45) is 0 Å². The third-order valence-electron chi connectivity index (χ3n) is 5.30. The predicted molar refractivity (Wildman–Crippen MR) is 123 cm³/mol. The molecular formula is C24H24FN5O2. The van der Waals surface area contributed by atoms with Crippen LogP contribution in [-0.4, -0.2) is 40.7 Å². The molecule has 0 aliphatic rings. The van der Waals surface area contributed by atoms with Crippen LogP contribution in [0.3, 0.4) is 0 Å². The topological polar surface area (TPSA) is 72.2 Å². The third-order valence-corrected chi connectivity index (χ3v) is 5.30. The van der Waals surface area contributed by atoms with Gasteiger partial charge in [0.2, 0.25) is 0 Å². The molecule has 4 aromatic rings. The van der Waals surface area contributed by atoms with E-state index >= 15 is 0 Å².